The lowest BCUT2D eigenvalue weighted by Crippen LogP contribution is -2.08. The number of hydrogen-bond acceptors (Lipinski definition) is 4. The monoisotopic (exact) mass is 289 g/mol. The first-order valence-electron chi connectivity index (χ1n) is 5.22. The van der Waals surface area contributed by atoms with Crippen molar-refractivity contribution in [3.8, 4) is 0 Å². The van der Waals surface area contributed by atoms with E-state index in [4.69, 9.17) is 32.7 Å². The van der Waals surface area contributed by atoms with Gasteiger partial charge < -0.3 is 14.8 Å². The summed E-state index contributed by atoms with van der Waals surface area (Å²) in [6, 6.07) is 5.07. The SMILES string of the molecule is CCOC(=O)/C=C(/Nc1c(Cl)cccc1Cl)OC. The first-order chi connectivity index (χ1) is 8.58. The van der Waals surface area contributed by atoms with Gasteiger partial charge in [0.2, 0.25) is 0 Å². The van der Waals surface area contributed by atoms with E-state index in [0.29, 0.717) is 22.3 Å². The molecule has 6 heteroatoms. The van der Waals surface area contributed by atoms with Gasteiger partial charge in [-0.05, 0) is 19.1 Å². The van der Waals surface area contributed by atoms with Crippen molar-refractivity contribution in [2.45, 2.75) is 6.92 Å². The van der Waals surface area contributed by atoms with Gasteiger partial charge in [0.15, 0.2) is 5.88 Å². The third-order valence-corrected chi connectivity index (χ3v) is 2.60. The maximum absolute atomic E-state index is 11.3. The van der Waals surface area contributed by atoms with E-state index in [9.17, 15) is 4.79 Å². The second kappa shape index (κ2) is 7.13. The van der Waals surface area contributed by atoms with Crippen LogP contribution in [0.25, 0.3) is 0 Å². The molecule has 0 atom stereocenters. The van der Waals surface area contributed by atoms with Crippen LogP contribution in [0.4, 0.5) is 5.69 Å². The maximum atomic E-state index is 11.3. The molecule has 0 aliphatic heterocycles. The molecule has 0 aliphatic rings. The summed E-state index contributed by atoms with van der Waals surface area (Å²) in [6.45, 7) is 2.01. The van der Waals surface area contributed by atoms with Crippen LogP contribution in [0.1, 0.15) is 6.92 Å². The van der Waals surface area contributed by atoms with E-state index in [1.165, 1.54) is 13.2 Å². The van der Waals surface area contributed by atoms with Crippen LogP contribution in [-0.2, 0) is 14.3 Å². The van der Waals surface area contributed by atoms with Gasteiger partial charge in [-0.3, -0.25) is 0 Å². The van der Waals surface area contributed by atoms with Crippen molar-refractivity contribution in [3.05, 3.63) is 40.2 Å². The number of methoxy groups -OCH3 is 1. The molecule has 0 saturated heterocycles. The third kappa shape index (κ3) is 4.13. The van der Waals surface area contributed by atoms with E-state index in [2.05, 4.69) is 5.32 Å². The summed E-state index contributed by atoms with van der Waals surface area (Å²) in [5.74, 6) is -0.312. The molecule has 1 rings (SSSR count). The number of carbonyl (C=O) groups is 1. The number of esters is 1. The lowest BCUT2D eigenvalue weighted by atomic mass is 10.3. The molecular formula is C12H13Cl2NO3. The Kier molecular flexibility index (Phi) is 5.82. The molecule has 1 aromatic carbocycles. The molecule has 1 aromatic rings. The average Bonchev–Trinajstić information content (AvgIpc) is 2.33. The molecule has 0 amide bonds. The highest BCUT2D eigenvalue weighted by atomic mass is 35.5. The molecule has 4 nitrogen and oxygen atoms in total. The highest BCUT2D eigenvalue weighted by Crippen LogP contribution is 2.30. The predicted molar refractivity (Wildman–Crippen MR) is 71.8 cm³/mol. The molecule has 0 radical (unpaired) electrons. The maximum Gasteiger partial charge on any atom is 0.336 e. The van der Waals surface area contributed by atoms with Gasteiger partial charge >= 0.3 is 5.97 Å². The highest BCUT2D eigenvalue weighted by molar-refractivity contribution is 6.39. The Morgan fingerprint density at radius 1 is 1.39 bits per heavy atom. The van der Waals surface area contributed by atoms with E-state index < -0.39 is 5.97 Å². The van der Waals surface area contributed by atoms with Gasteiger partial charge in [-0.1, -0.05) is 29.3 Å². The Hall–Kier alpha value is -1.39. The van der Waals surface area contributed by atoms with Crippen molar-refractivity contribution in [1.82, 2.24) is 0 Å². The van der Waals surface area contributed by atoms with Gasteiger partial charge in [0.05, 0.1) is 35.5 Å². The Bertz CT molecular complexity index is 440. The summed E-state index contributed by atoms with van der Waals surface area (Å²) in [6.07, 6.45) is 1.18. The van der Waals surface area contributed by atoms with Crippen molar-refractivity contribution < 1.29 is 14.3 Å². The van der Waals surface area contributed by atoms with E-state index in [0.717, 1.165) is 0 Å². The molecule has 18 heavy (non-hydrogen) atoms. The fourth-order valence-corrected chi connectivity index (χ4v) is 1.67. The van der Waals surface area contributed by atoms with Crippen molar-refractivity contribution in [3.63, 3.8) is 0 Å². The van der Waals surface area contributed by atoms with Gasteiger partial charge in [0.25, 0.3) is 0 Å². The minimum absolute atomic E-state index is 0.198. The zero-order chi connectivity index (χ0) is 13.5. The molecule has 98 valence electrons. The van der Waals surface area contributed by atoms with Gasteiger partial charge in [0.1, 0.15) is 0 Å². The van der Waals surface area contributed by atoms with Gasteiger partial charge in [-0.2, -0.15) is 0 Å². The van der Waals surface area contributed by atoms with Crippen LogP contribution in [0, 0.1) is 0 Å². The standard InChI is InChI=1S/C12H13Cl2NO3/c1-3-18-11(16)7-10(17-2)15-12-8(13)5-4-6-9(12)14/h4-7,15H,3H2,1-2H3/b10-7-. The Balaban J connectivity index is 2.89. The highest BCUT2D eigenvalue weighted by Gasteiger charge is 2.09. The Labute approximate surface area is 115 Å². The third-order valence-electron chi connectivity index (χ3n) is 1.97. The fraction of sp³-hybridized carbons (Fsp3) is 0.250. The van der Waals surface area contributed by atoms with Crippen LogP contribution in [0.5, 0.6) is 0 Å². The number of nitrogens with one attached hydrogen (secondary N) is 1. The normalized spacial score (nSPS) is 11.0. The van der Waals surface area contributed by atoms with Crippen LogP contribution in [0.3, 0.4) is 0 Å². The molecule has 0 fully saturated rings. The quantitative estimate of drug-likeness (QED) is 0.512. The molecule has 0 unspecified atom stereocenters. The lowest BCUT2D eigenvalue weighted by molar-refractivity contribution is -0.137. The predicted octanol–water partition coefficient (Wildman–Crippen LogP) is 3.46. The second-order valence-electron chi connectivity index (χ2n) is 3.19. The van der Waals surface area contributed by atoms with Crippen molar-refractivity contribution in [2.75, 3.05) is 19.0 Å². The van der Waals surface area contributed by atoms with Crippen molar-refractivity contribution in [1.29, 1.82) is 0 Å². The molecule has 0 aromatic heterocycles. The van der Waals surface area contributed by atoms with E-state index in [1.54, 1.807) is 25.1 Å². The van der Waals surface area contributed by atoms with Crippen molar-refractivity contribution >= 4 is 34.9 Å². The number of para-hydroxylation sites is 1. The number of ether oxygens (including phenoxy) is 2. The van der Waals surface area contributed by atoms with E-state index in [1.807, 2.05) is 0 Å². The van der Waals surface area contributed by atoms with Crippen molar-refractivity contribution in [2.24, 2.45) is 0 Å². The molecule has 0 heterocycles. The fourth-order valence-electron chi connectivity index (χ4n) is 1.18. The van der Waals surface area contributed by atoms with Crippen LogP contribution in [-0.4, -0.2) is 19.7 Å². The van der Waals surface area contributed by atoms with Gasteiger partial charge in [-0.25, -0.2) is 4.79 Å². The molecule has 0 saturated carbocycles. The van der Waals surface area contributed by atoms with Crippen LogP contribution in [0.15, 0.2) is 30.2 Å². The smallest absolute Gasteiger partial charge is 0.336 e. The van der Waals surface area contributed by atoms with E-state index >= 15 is 0 Å². The number of hydrogen-bond donors (Lipinski definition) is 1. The largest absolute Gasteiger partial charge is 0.482 e. The van der Waals surface area contributed by atoms with Crippen LogP contribution in [0.2, 0.25) is 10.0 Å². The first kappa shape index (κ1) is 14.7. The summed E-state index contributed by atoms with van der Waals surface area (Å²) in [5, 5.41) is 3.68. The molecule has 0 spiro atoms. The number of halogens is 2. The number of carbonyl (C=O) groups excluding carboxylic acids is 1. The van der Waals surface area contributed by atoms with Crippen LogP contribution >= 0.6 is 23.2 Å². The average molecular weight is 290 g/mol. The first-order valence-corrected chi connectivity index (χ1v) is 5.97. The Morgan fingerprint density at radius 2 is 2.00 bits per heavy atom. The Morgan fingerprint density at radius 3 is 2.50 bits per heavy atom. The molecular weight excluding hydrogens is 277 g/mol. The topological polar surface area (TPSA) is 47.6 Å². The second-order valence-corrected chi connectivity index (χ2v) is 4.00. The minimum atomic E-state index is -0.509. The summed E-state index contributed by atoms with van der Waals surface area (Å²) >= 11 is 12.0. The number of rotatable bonds is 5. The minimum Gasteiger partial charge on any atom is -0.482 e. The summed E-state index contributed by atoms with van der Waals surface area (Å²) < 4.78 is 9.78. The number of anilines is 1. The molecule has 1 N–H and O–H groups in total. The number of benzene rings is 1. The van der Waals surface area contributed by atoms with E-state index in [-0.39, 0.29) is 5.88 Å². The molecule has 0 aliphatic carbocycles. The zero-order valence-corrected chi connectivity index (χ0v) is 11.5. The van der Waals surface area contributed by atoms with Gasteiger partial charge in [0, 0.05) is 0 Å². The lowest BCUT2D eigenvalue weighted by Gasteiger charge is -2.12. The zero-order valence-electron chi connectivity index (χ0n) is 10.00. The molecule has 0 bridgehead atoms. The summed E-state index contributed by atoms with van der Waals surface area (Å²) in [7, 11) is 1.42. The van der Waals surface area contributed by atoms with Crippen LogP contribution < -0.4 is 5.32 Å². The summed E-state index contributed by atoms with van der Waals surface area (Å²) in [5.41, 5.74) is 0.471. The van der Waals surface area contributed by atoms with Gasteiger partial charge in [-0.15, -0.1) is 0 Å². The summed E-state index contributed by atoms with van der Waals surface area (Å²) in [4.78, 5) is 11.3.